The minimum Gasteiger partial charge on any atom is -0.380 e. The second kappa shape index (κ2) is 6.79. The van der Waals surface area contributed by atoms with Crippen LogP contribution in [0.15, 0.2) is 0 Å². The normalized spacial score (nSPS) is 21.9. The molecule has 0 aromatic rings. The van der Waals surface area contributed by atoms with Gasteiger partial charge in [-0.3, -0.25) is 4.79 Å². The highest BCUT2D eigenvalue weighted by Gasteiger charge is 2.13. The Morgan fingerprint density at radius 1 is 1.57 bits per heavy atom. The number of amides is 1. The van der Waals surface area contributed by atoms with Crippen molar-refractivity contribution in [2.24, 2.45) is 0 Å². The first kappa shape index (κ1) is 11.5. The van der Waals surface area contributed by atoms with Crippen molar-refractivity contribution in [1.82, 2.24) is 10.6 Å². The highest BCUT2D eigenvalue weighted by atomic mass is 16.5. The van der Waals surface area contributed by atoms with Crippen LogP contribution in [-0.2, 0) is 9.53 Å². The summed E-state index contributed by atoms with van der Waals surface area (Å²) in [6.45, 7) is 4.82. The molecule has 0 bridgehead atoms. The quantitative estimate of drug-likeness (QED) is 0.670. The van der Waals surface area contributed by atoms with Gasteiger partial charge >= 0.3 is 0 Å². The predicted octanol–water partition coefficient (Wildman–Crippen LogP) is 0.281. The summed E-state index contributed by atoms with van der Waals surface area (Å²) < 4.78 is 5.30. The van der Waals surface area contributed by atoms with Crippen LogP contribution in [0.25, 0.3) is 0 Å². The molecule has 82 valence electrons. The zero-order valence-corrected chi connectivity index (χ0v) is 8.84. The van der Waals surface area contributed by atoms with Crippen LogP contribution in [0.4, 0.5) is 0 Å². The lowest BCUT2D eigenvalue weighted by atomic mass is 10.1. The molecule has 1 amide bonds. The van der Waals surface area contributed by atoms with Crippen LogP contribution in [0.1, 0.15) is 26.2 Å². The van der Waals surface area contributed by atoms with E-state index in [1.165, 1.54) is 0 Å². The van der Waals surface area contributed by atoms with Crippen LogP contribution >= 0.6 is 0 Å². The molecule has 0 saturated carbocycles. The molecule has 4 heteroatoms. The lowest BCUT2D eigenvalue weighted by Gasteiger charge is -2.22. The van der Waals surface area contributed by atoms with Gasteiger partial charge in [-0.2, -0.15) is 0 Å². The molecule has 1 saturated heterocycles. The fraction of sp³-hybridized carbons (Fsp3) is 0.900. The van der Waals surface area contributed by atoms with Gasteiger partial charge in [-0.1, -0.05) is 6.92 Å². The smallest absolute Gasteiger partial charge is 0.233 e. The average Bonchev–Trinajstić information content (AvgIpc) is 2.25. The average molecular weight is 200 g/mol. The lowest BCUT2D eigenvalue weighted by molar-refractivity contribution is -0.120. The molecule has 0 aliphatic carbocycles. The molecule has 1 atom stereocenters. The third kappa shape index (κ3) is 4.58. The van der Waals surface area contributed by atoms with Crippen LogP contribution in [0, 0.1) is 0 Å². The standard InChI is InChI=1S/C10H20N2O2/c1-2-5-11-10(13)7-12-9-4-3-6-14-8-9/h9,12H,2-8H2,1H3,(H,11,13). The number of carbonyl (C=O) groups is 1. The molecule has 1 aliphatic rings. The van der Waals surface area contributed by atoms with Gasteiger partial charge in [-0.05, 0) is 19.3 Å². The molecule has 1 aliphatic heterocycles. The Morgan fingerprint density at radius 2 is 2.43 bits per heavy atom. The molecule has 2 N–H and O–H groups in total. The first-order chi connectivity index (χ1) is 6.83. The predicted molar refractivity (Wildman–Crippen MR) is 55.1 cm³/mol. The summed E-state index contributed by atoms with van der Waals surface area (Å²) in [5.41, 5.74) is 0. The van der Waals surface area contributed by atoms with Gasteiger partial charge in [0.25, 0.3) is 0 Å². The van der Waals surface area contributed by atoms with Crippen LogP contribution in [-0.4, -0.2) is 38.3 Å². The number of rotatable bonds is 5. The summed E-state index contributed by atoms with van der Waals surface area (Å²) >= 11 is 0. The van der Waals surface area contributed by atoms with Crippen LogP contribution in [0.5, 0.6) is 0 Å². The Hall–Kier alpha value is -0.610. The molecule has 4 nitrogen and oxygen atoms in total. The van der Waals surface area contributed by atoms with Gasteiger partial charge in [-0.25, -0.2) is 0 Å². The summed E-state index contributed by atoms with van der Waals surface area (Å²) in [5.74, 6) is 0.0809. The summed E-state index contributed by atoms with van der Waals surface area (Å²) in [4.78, 5) is 11.2. The van der Waals surface area contributed by atoms with Crippen LogP contribution in [0.3, 0.4) is 0 Å². The van der Waals surface area contributed by atoms with Crippen molar-refractivity contribution >= 4 is 5.91 Å². The van der Waals surface area contributed by atoms with Gasteiger partial charge in [0.05, 0.1) is 13.2 Å². The number of carbonyl (C=O) groups excluding carboxylic acids is 1. The van der Waals surface area contributed by atoms with E-state index in [1.807, 2.05) is 6.92 Å². The van der Waals surface area contributed by atoms with Gasteiger partial charge in [0, 0.05) is 19.2 Å². The highest BCUT2D eigenvalue weighted by Crippen LogP contribution is 2.04. The van der Waals surface area contributed by atoms with E-state index >= 15 is 0 Å². The fourth-order valence-electron chi connectivity index (χ4n) is 1.47. The lowest BCUT2D eigenvalue weighted by Crippen LogP contribution is -2.43. The largest absolute Gasteiger partial charge is 0.380 e. The van der Waals surface area contributed by atoms with E-state index in [9.17, 15) is 4.79 Å². The van der Waals surface area contributed by atoms with Crippen LogP contribution < -0.4 is 10.6 Å². The molecule has 0 spiro atoms. The zero-order valence-electron chi connectivity index (χ0n) is 8.84. The van der Waals surface area contributed by atoms with E-state index in [0.717, 1.165) is 39.0 Å². The van der Waals surface area contributed by atoms with E-state index in [2.05, 4.69) is 10.6 Å². The SMILES string of the molecule is CCCNC(=O)CNC1CCCOC1. The summed E-state index contributed by atoms with van der Waals surface area (Å²) in [7, 11) is 0. The van der Waals surface area contributed by atoms with Gasteiger partial charge in [0.1, 0.15) is 0 Å². The number of ether oxygens (including phenoxy) is 1. The van der Waals surface area contributed by atoms with Gasteiger partial charge in [-0.15, -0.1) is 0 Å². The van der Waals surface area contributed by atoms with Crippen molar-refractivity contribution in [3.8, 4) is 0 Å². The Labute approximate surface area is 85.4 Å². The van der Waals surface area contributed by atoms with Crippen LogP contribution in [0.2, 0.25) is 0 Å². The minimum absolute atomic E-state index is 0.0809. The molecule has 14 heavy (non-hydrogen) atoms. The second-order valence-corrected chi connectivity index (χ2v) is 3.64. The molecule has 1 fully saturated rings. The number of nitrogens with one attached hydrogen (secondary N) is 2. The molecule has 0 radical (unpaired) electrons. The molecule has 0 aromatic heterocycles. The summed E-state index contributed by atoms with van der Waals surface area (Å²) in [6, 6.07) is 0.358. The maximum atomic E-state index is 11.2. The maximum Gasteiger partial charge on any atom is 0.233 e. The first-order valence-electron chi connectivity index (χ1n) is 5.40. The third-order valence-electron chi connectivity index (χ3n) is 2.28. The second-order valence-electron chi connectivity index (χ2n) is 3.64. The molecule has 1 unspecified atom stereocenters. The van der Waals surface area contributed by atoms with E-state index < -0.39 is 0 Å². The Kier molecular flexibility index (Phi) is 5.56. The van der Waals surface area contributed by atoms with Crippen molar-refractivity contribution < 1.29 is 9.53 Å². The van der Waals surface area contributed by atoms with Gasteiger partial charge in [0.2, 0.25) is 5.91 Å². The Bertz CT molecular complexity index is 168. The number of hydrogen-bond donors (Lipinski definition) is 2. The minimum atomic E-state index is 0.0809. The first-order valence-corrected chi connectivity index (χ1v) is 5.40. The molecule has 1 heterocycles. The van der Waals surface area contributed by atoms with E-state index in [-0.39, 0.29) is 5.91 Å². The van der Waals surface area contributed by atoms with Crippen molar-refractivity contribution in [3.63, 3.8) is 0 Å². The van der Waals surface area contributed by atoms with E-state index in [1.54, 1.807) is 0 Å². The monoisotopic (exact) mass is 200 g/mol. The maximum absolute atomic E-state index is 11.2. The van der Waals surface area contributed by atoms with E-state index in [0.29, 0.717) is 12.6 Å². The van der Waals surface area contributed by atoms with E-state index in [4.69, 9.17) is 4.74 Å². The van der Waals surface area contributed by atoms with Crippen molar-refractivity contribution in [3.05, 3.63) is 0 Å². The van der Waals surface area contributed by atoms with Gasteiger partial charge < -0.3 is 15.4 Å². The molecular formula is C10H20N2O2. The molecule has 1 rings (SSSR count). The summed E-state index contributed by atoms with van der Waals surface area (Å²) in [5, 5.41) is 6.02. The Balaban J connectivity index is 2.03. The Morgan fingerprint density at radius 3 is 3.07 bits per heavy atom. The summed E-state index contributed by atoms with van der Waals surface area (Å²) in [6.07, 6.45) is 3.19. The van der Waals surface area contributed by atoms with Gasteiger partial charge in [0.15, 0.2) is 0 Å². The molecular weight excluding hydrogens is 180 g/mol. The van der Waals surface area contributed by atoms with Crippen molar-refractivity contribution in [2.45, 2.75) is 32.2 Å². The third-order valence-corrected chi connectivity index (χ3v) is 2.28. The van der Waals surface area contributed by atoms with Crippen molar-refractivity contribution in [1.29, 1.82) is 0 Å². The highest BCUT2D eigenvalue weighted by molar-refractivity contribution is 5.77. The topological polar surface area (TPSA) is 50.4 Å². The number of hydrogen-bond acceptors (Lipinski definition) is 3. The fourth-order valence-corrected chi connectivity index (χ4v) is 1.47. The van der Waals surface area contributed by atoms with Crippen molar-refractivity contribution in [2.75, 3.05) is 26.3 Å². The zero-order chi connectivity index (χ0) is 10.2. The molecule has 0 aromatic carbocycles.